The number of alkyl halides is 3. The number of aliphatic hydroxyl groups is 1. The lowest BCUT2D eigenvalue weighted by Crippen LogP contribution is -2.21. The molecule has 10 heteroatoms. The molecule has 0 bridgehead atoms. The number of halogens is 4. The smallest absolute Gasteiger partial charge is 0.420 e. The maximum atomic E-state index is 12.9. The molecule has 3 aromatic rings. The lowest BCUT2D eigenvalue weighted by Gasteiger charge is -2.17. The minimum Gasteiger partial charge on any atom is -0.454 e. The molecule has 0 saturated heterocycles. The van der Waals surface area contributed by atoms with Crippen molar-refractivity contribution in [3.63, 3.8) is 0 Å². The Morgan fingerprint density at radius 2 is 2.04 bits per heavy atom. The summed E-state index contributed by atoms with van der Waals surface area (Å²) in [4.78, 5) is 3.63. The summed E-state index contributed by atoms with van der Waals surface area (Å²) in [5, 5.41) is 17.8. The van der Waals surface area contributed by atoms with E-state index in [1.165, 1.54) is 31.2 Å². The van der Waals surface area contributed by atoms with Crippen LogP contribution in [-0.2, 0) is 6.54 Å². The Bertz CT molecular complexity index is 988. The molecule has 1 aliphatic carbocycles. The Hall–Kier alpha value is -2.20. The molecule has 0 radical (unpaired) electrons. The molecule has 1 aromatic carbocycles. The Kier molecular flexibility index (Phi) is 4.55. The van der Waals surface area contributed by atoms with Gasteiger partial charge in [0.15, 0.2) is 11.9 Å². The van der Waals surface area contributed by atoms with Crippen molar-refractivity contribution >= 4 is 27.0 Å². The van der Waals surface area contributed by atoms with E-state index in [0.717, 1.165) is 12.1 Å². The number of aromatic nitrogens is 4. The highest BCUT2D eigenvalue weighted by molar-refractivity contribution is 9.10. The first-order chi connectivity index (χ1) is 12.8. The normalized spacial score (nSPS) is 15.9. The fraction of sp³-hybridized carbons (Fsp3) is 0.353. The van der Waals surface area contributed by atoms with E-state index in [2.05, 4.69) is 31.2 Å². The molecule has 2 aromatic heterocycles. The topological polar surface area (TPSA) is 73.1 Å². The number of aliphatic hydroxyl groups excluding tert-OH is 1. The summed E-state index contributed by atoms with van der Waals surface area (Å²) >= 11 is 3.39. The van der Waals surface area contributed by atoms with Gasteiger partial charge in [0.05, 0.1) is 9.99 Å². The fourth-order valence-corrected chi connectivity index (χ4v) is 3.21. The minimum absolute atomic E-state index is 0.187. The predicted molar refractivity (Wildman–Crippen MR) is 93.3 cm³/mol. The van der Waals surface area contributed by atoms with Crippen LogP contribution in [0.25, 0.3) is 11.0 Å². The third-order valence-corrected chi connectivity index (χ3v) is 5.07. The van der Waals surface area contributed by atoms with Crippen molar-refractivity contribution in [2.45, 2.75) is 31.7 Å². The van der Waals surface area contributed by atoms with Gasteiger partial charge in [0.1, 0.15) is 17.0 Å². The molecule has 1 N–H and O–H groups in total. The highest BCUT2D eigenvalue weighted by atomic mass is 79.9. The maximum absolute atomic E-state index is 12.9. The van der Waals surface area contributed by atoms with E-state index >= 15 is 0 Å². The Morgan fingerprint density at radius 3 is 2.74 bits per heavy atom. The predicted octanol–water partition coefficient (Wildman–Crippen LogP) is 4.39. The van der Waals surface area contributed by atoms with Crippen molar-refractivity contribution < 1.29 is 23.0 Å². The second-order valence-electron chi connectivity index (χ2n) is 6.39. The standard InChI is InChI=1S/C17H14BrF3N4O2/c18-13-11(6-5-10-14(13)23-24-25(10)8-9-3-4-9)27-12-2-1-7-22-15(12)16(26)17(19,20)21/h1-2,5-7,9,16,26H,3-4,8H2. The van der Waals surface area contributed by atoms with Gasteiger partial charge in [-0.05, 0) is 59.0 Å². The number of hydrogen-bond donors (Lipinski definition) is 1. The number of fused-ring (bicyclic) bond motifs is 1. The van der Waals surface area contributed by atoms with Gasteiger partial charge in [0.2, 0.25) is 0 Å². The zero-order valence-corrected chi connectivity index (χ0v) is 15.4. The summed E-state index contributed by atoms with van der Waals surface area (Å²) in [6.07, 6.45) is -4.07. The van der Waals surface area contributed by atoms with E-state index < -0.39 is 18.0 Å². The van der Waals surface area contributed by atoms with Crippen molar-refractivity contribution in [3.8, 4) is 11.5 Å². The molecule has 6 nitrogen and oxygen atoms in total. The van der Waals surface area contributed by atoms with Crippen LogP contribution in [0.1, 0.15) is 24.6 Å². The number of hydrogen-bond acceptors (Lipinski definition) is 5. The molecule has 2 heterocycles. The van der Waals surface area contributed by atoms with Gasteiger partial charge in [-0.1, -0.05) is 5.21 Å². The molecular weight excluding hydrogens is 429 g/mol. The van der Waals surface area contributed by atoms with Gasteiger partial charge in [-0.25, -0.2) is 4.68 Å². The number of nitrogens with zero attached hydrogens (tertiary/aromatic N) is 4. The zero-order chi connectivity index (χ0) is 19.2. The van der Waals surface area contributed by atoms with Crippen LogP contribution in [-0.4, -0.2) is 31.3 Å². The molecule has 1 aliphatic rings. The quantitative estimate of drug-likeness (QED) is 0.634. The summed E-state index contributed by atoms with van der Waals surface area (Å²) < 4.78 is 46.5. The SMILES string of the molecule is OC(c1ncccc1Oc1ccc2c(nnn2CC2CC2)c1Br)C(F)(F)F. The number of pyridine rings is 1. The second-order valence-corrected chi connectivity index (χ2v) is 7.19. The minimum atomic E-state index is -4.85. The van der Waals surface area contributed by atoms with Gasteiger partial charge in [-0.3, -0.25) is 4.98 Å². The van der Waals surface area contributed by atoms with Crippen LogP contribution in [0.2, 0.25) is 0 Å². The van der Waals surface area contributed by atoms with E-state index in [9.17, 15) is 18.3 Å². The number of ether oxygens (including phenoxy) is 1. The molecule has 1 fully saturated rings. The summed E-state index contributed by atoms with van der Waals surface area (Å²) in [5.41, 5.74) is 0.757. The fourth-order valence-electron chi connectivity index (χ4n) is 2.71. The van der Waals surface area contributed by atoms with Gasteiger partial charge >= 0.3 is 6.18 Å². The maximum Gasteiger partial charge on any atom is 0.420 e. The summed E-state index contributed by atoms with van der Waals surface area (Å²) in [7, 11) is 0. The van der Waals surface area contributed by atoms with Crippen molar-refractivity contribution in [1.82, 2.24) is 20.0 Å². The zero-order valence-electron chi connectivity index (χ0n) is 13.8. The van der Waals surface area contributed by atoms with Gasteiger partial charge in [0, 0.05) is 12.7 Å². The molecule has 1 saturated carbocycles. The molecular formula is C17H14BrF3N4O2. The van der Waals surface area contributed by atoms with E-state index in [4.69, 9.17) is 4.74 Å². The lowest BCUT2D eigenvalue weighted by molar-refractivity contribution is -0.208. The number of benzene rings is 1. The molecule has 4 rings (SSSR count). The van der Waals surface area contributed by atoms with Gasteiger partial charge in [0.25, 0.3) is 0 Å². The monoisotopic (exact) mass is 442 g/mol. The molecule has 1 unspecified atom stereocenters. The van der Waals surface area contributed by atoms with Gasteiger partial charge in [-0.15, -0.1) is 5.10 Å². The van der Waals surface area contributed by atoms with Crippen molar-refractivity contribution in [2.75, 3.05) is 0 Å². The molecule has 142 valence electrons. The highest BCUT2D eigenvalue weighted by Gasteiger charge is 2.42. The van der Waals surface area contributed by atoms with Crippen LogP contribution in [0.3, 0.4) is 0 Å². The molecule has 1 atom stereocenters. The van der Waals surface area contributed by atoms with Gasteiger partial charge < -0.3 is 9.84 Å². The van der Waals surface area contributed by atoms with Crippen LogP contribution < -0.4 is 4.74 Å². The highest BCUT2D eigenvalue weighted by Crippen LogP contribution is 2.40. The third-order valence-electron chi connectivity index (χ3n) is 4.31. The Labute approximate surface area is 160 Å². The largest absolute Gasteiger partial charge is 0.454 e. The van der Waals surface area contributed by atoms with E-state index in [-0.39, 0.29) is 11.5 Å². The van der Waals surface area contributed by atoms with Crippen LogP contribution in [0.4, 0.5) is 13.2 Å². The lowest BCUT2D eigenvalue weighted by atomic mass is 10.2. The van der Waals surface area contributed by atoms with Crippen LogP contribution >= 0.6 is 15.9 Å². The van der Waals surface area contributed by atoms with Crippen molar-refractivity contribution in [3.05, 3.63) is 40.6 Å². The van der Waals surface area contributed by atoms with Crippen molar-refractivity contribution in [1.29, 1.82) is 0 Å². The summed E-state index contributed by atoms with van der Waals surface area (Å²) in [6, 6.07) is 6.13. The van der Waals surface area contributed by atoms with Crippen LogP contribution in [0.5, 0.6) is 11.5 Å². The van der Waals surface area contributed by atoms with Crippen molar-refractivity contribution in [2.24, 2.45) is 5.92 Å². The molecule has 0 amide bonds. The molecule has 0 spiro atoms. The summed E-state index contributed by atoms with van der Waals surface area (Å²) in [6.45, 7) is 0.785. The molecule has 0 aliphatic heterocycles. The average Bonchev–Trinajstić information content (AvgIpc) is 3.35. The van der Waals surface area contributed by atoms with E-state index in [0.29, 0.717) is 15.9 Å². The summed E-state index contributed by atoms with van der Waals surface area (Å²) in [5.74, 6) is 0.684. The Balaban J connectivity index is 1.67. The second kappa shape index (κ2) is 6.75. The van der Waals surface area contributed by atoms with E-state index in [1.807, 2.05) is 4.68 Å². The first kappa shape index (κ1) is 18.2. The van der Waals surface area contributed by atoms with Gasteiger partial charge in [-0.2, -0.15) is 13.2 Å². The number of rotatable bonds is 5. The third kappa shape index (κ3) is 3.63. The average molecular weight is 443 g/mol. The molecule has 27 heavy (non-hydrogen) atoms. The van der Waals surface area contributed by atoms with Crippen LogP contribution in [0, 0.1) is 5.92 Å². The Morgan fingerprint density at radius 1 is 1.26 bits per heavy atom. The van der Waals surface area contributed by atoms with Crippen LogP contribution in [0.15, 0.2) is 34.9 Å². The first-order valence-electron chi connectivity index (χ1n) is 8.24. The first-order valence-corrected chi connectivity index (χ1v) is 9.03. The van der Waals surface area contributed by atoms with E-state index in [1.54, 1.807) is 12.1 Å².